The van der Waals surface area contributed by atoms with Crippen LogP contribution in [0.4, 0.5) is 0 Å². The van der Waals surface area contributed by atoms with E-state index in [0.29, 0.717) is 11.4 Å². The first-order valence-corrected chi connectivity index (χ1v) is 4.68. The van der Waals surface area contributed by atoms with E-state index in [4.69, 9.17) is 17.3 Å². The second-order valence-electron chi connectivity index (χ2n) is 3.10. The van der Waals surface area contributed by atoms with E-state index in [9.17, 15) is 5.11 Å². The molecule has 0 saturated heterocycles. The van der Waals surface area contributed by atoms with Crippen LogP contribution in [-0.4, -0.2) is 11.7 Å². The van der Waals surface area contributed by atoms with Crippen LogP contribution in [0.3, 0.4) is 0 Å². The fraction of sp³-hybridized carbons (Fsp3) is 0.400. The molecule has 1 unspecified atom stereocenters. The fourth-order valence-electron chi connectivity index (χ4n) is 1.24. The molecule has 0 aliphatic heterocycles. The molecule has 0 amide bonds. The smallest absolute Gasteiger partial charge is 0.102 e. The molecule has 1 rings (SSSR count). The van der Waals surface area contributed by atoms with Crippen LogP contribution in [-0.2, 0) is 5.60 Å². The van der Waals surface area contributed by atoms with Gasteiger partial charge in [0.05, 0.1) is 0 Å². The summed E-state index contributed by atoms with van der Waals surface area (Å²) in [5.74, 6) is 0. The van der Waals surface area contributed by atoms with E-state index in [2.05, 4.69) is 0 Å². The third-order valence-electron chi connectivity index (χ3n) is 2.28. The van der Waals surface area contributed by atoms with Crippen LogP contribution in [0.2, 0.25) is 5.02 Å². The lowest BCUT2D eigenvalue weighted by molar-refractivity contribution is 0.0419. The molecule has 1 atom stereocenters. The zero-order chi connectivity index (χ0) is 9.90. The Balaban J connectivity index is 3.05. The summed E-state index contributed by atoms with van der Waals surface area (Å²) in [7, 11) is 0. The first-order chi connectivity index (χ1) is 6.12. The predicted molar refractivity (Wildman–Crippen MR) is 54.7 cm³/mol. The monoisotopic (exact) mass is 199 g/mol. The van der Waals surface area contributed by atoms with Crippen molar-refractivity contribution < 1.29 is 5.11 Å². The highest BCUT2D eigenvalue weighted by Gasteiger charge is 2.24. The van der Waals surface area contributed by atoms with Gasteiger partial charge in [0.15, 0.2) is 0 Å². The van der Waals surface area contributed by atoms with Crippen molar-refractivity contribution in [1.82, 2.24) is 0 Å². The van der Waals surface area contributed by atoms with E-state index in [1.165, 1.54) is 0 Å². The summed E-state index contributed by atoms with van der Waals surface area (Å²) in [6.07, 6.45) is 0.587. The summed E-state index contributed by atoms with van der Waals surface area (Å²) in [5.41, 5.74) is 5.35. The molecule has 3 N–H and O–H groups in total. The van der Waals surface area contributed by atoms with Gasteiger partial charge >= 0.3 is 0 Å². The van der Waals surface area contributed by atoms with Gasteiger partial charge < -0.3 is 10.8 Å². The zero-order valence-corrected chi connectivity index (χ0v) is 8.38. The average molecular weight is 200 g/mol. The average Bonchev–Trinajstić information content (AvgIpc) is 2.17. The molecule has 0 radical (unpaired) electrons. The first kappa shape index (κ1) is 10.5. The molecule has 0 spiro atoms. The van der Waals surface area contributed by atoms with Crippen molar-refractivity contribution in [3.63, 3.8) is 0 Å². The lowest BCUT2D eigenvalue weighted by Crippen LogP contribution is -2.34. The molecule has 2 nitrogen and oxygen atoms in total. The Labute approximate surface area is 83.3 Å². The summed E-state index contributed by atoms with van der Waals surface area (Å²) in [6, 6.07) is 7.17. The van der Waals surface area contributed by atoms with Gasteiger partial charge in [0, 0.05) is 11.6 Å². The van der Waals surface area contributed by atoms with Gasteiger partial charge in [-0.1, -0.05) is 30.7 Å². The van der Waals surface area contributed by atoms with Crippen molar-refractivity contribution in [1.29, 1.82) is 0 Å². The lowest BCUT2D eigenvalue weighted by Gasteiger charge is -2.25. The van der Waals surface area contributed by atoms with Gasteiger partial charge in [-0.3, -0.25) is 0 Å². The molecule has 0 bridgehead atoms. The summed E-state index contributed by atoms with van der Waals surface area (Å²) in [6.45, 7) is 2.11. The van der Waals surface area contributed by atoms with Crippen molar-refractivity contribution in [3.05, 3.63) is 34.9 Å². The lowest BCUT2D eigenvalue weighted by atomic mass is 9.91. The minimum absolute atomic E-state index is 0.212. The number of hydrogen-bond acceptors (Lipinski definition) is 2. The Morgan fingerprint density at radius 3 is 2.69 bits per heavy atom. The fourth-order valence-corrected chi connectivity index (χ4v) is 1.43. The quantitative estimate of drug-likeness (QED) is 0.781. The van der Waals surface area contributed by atoms with Crippen LogP contribution in [0.5, 0.6) is 0 Å². The van der Waals surface area contributed by atoms with Crippen molar-refractivity contribution in [2.45, 2.75) is 18.9 Å². The van der Waals surface area contributed by atoms with Gasteiger partial charge in [-0.2, -0.15) is 0 Å². The molecule has 0 heterocycles. The predicted octanol–water partition coefficient (Wildman–Crippen LogP) is 1.90. The Morgan fingerprint density at radius 2 is 2.23 bits per heavy atom. The standard InChI is InChI=1S/C10H14ClNO/c1-2-10(13,7-12)8-4-3-5-9(11)6-8/h3-6,13H,2,7,12H2,1H3. The van der Waals surface area contributed by atoms with Crippen molar-refractivity contribution >= 4 is 11.6 Å². The molecule has 13 heavy (non-hydrogen) atoms. The highest BCUT2D eigenvalue weighted by molar-refractivity contribution is 6.30. The van der Waals surface area contributed by atoms with Crippen molar-refractivity contribution in [2.75, 3.05) is 6.54 Å². The van der Waals surface area contributed by atoms with Gasteiger partial charge in [0.2, 0.25) is 0 Å². The van der Waals surface area contributed by atoms with Gasteiger partial charge in [-0.15, -0.1) is 0 Å². The van der Waals surface area contributed by atoms with Crippen LogP contribution >= 0.6 is 11.6 Å². The highest BCUT2D eigenvalue weighted by Crippen LogP contribution is 2.25. The number of aliphatic hydroxyl groups is 1. The molecule has 1 aromatic rings. The molecule has 1 aromatic carbocycles. The number of nitrogens with two attached hydrogens (primary N) is 1. The van der Waals surface area contributed by atoms with Gasteiger partial charge in [-0.05, 0) is 24.1 Å². The molecule has 3 heteroatoms. The topological polar surface area (TPSA) is 46.2 Å². The summed E-state index contributed by atoms with van der Waals surface area (Å²) in [5, 5.41) is 10.7. The third-order valence-corrected chi connectivity index (χ3v) is 2.52. The highest BCUT2D eigenvalue weighted by atomic mass is 35.5. The van der Waals surface area contributed by atoms with Gasteiger partial charge in [0.1, 0.15) is 5.60 Å². The number of hydrogen-bond donors (Lipinski definition) is 2. The molecular formula is C10H14ClNO. The normalized spacial score (nSPS) is 15.4. The first-order valence-electron chi connectivity index (χ1n) is 4.31. The molecular weight excluding hydrogens is 186 g/mol. The molecule has 0 aliphatic rings. The van der Waals surface area contributed by atoms with Crippen LogP contribution in [0, 0.1) is 0 Å². The van der Waals surface area contributed by atoms with Gasteiger partial charge in [-0.25, -0.2) is 0 Å². The van der Waals surface area contributed by atoms with E-state index < -0.39 is 5.60 Å². The van der Waals surface area contributed by atoms with E-state index >= 15 is 0 Å². The Hall–Kier alpha value is -0.570. The Kier molecular flexibility index (Phi) is 3.31. The SMILES string of the molecule is CCC(O)(CN)c1cccc(Cl)c1. The summed E-state index contributed by atoms with van der Waals surface area (Å²) < 4.78 is 0. The van der Waals surface area contributed by atoms with Gasteiger partial charge in [0.25, 0.3) is 0 Å². The van der Waals surface area contributed by atoms with E-state index in [1.54, 1.807) is 12.1 Å². The van der Waals surface area contributed by atoms with Crippen molar-refractivity contribution in [2.24, 2.45) is 5.73 Å². The number of rotatable bonds is 3. The van der Waals surface area contributed by atoms with Crippen LogP contribution in [0.15, 0.2) is 24.3 Å². The molecule has 0 aliphatic carbocycles. The van der Waals surface area contributed by atoms with E-state index in [1.807, 2.05) is 19.1 Å². The minimum atomic E-state index is -0.940. The maximum atomic E-state index is 10.0. The number of benzene rings is 1. The largest absolute Gasteiger partial charge is 0.384 e. The van der Waals surface area contributed by atoms with Crippen molar-refractivity contribution in [3.8, 4) is 0 Å². The van der Waals surface area contributed by atoms with E-state index in [-0.39, 0.29) is 6.54 Å². The molecule has 0 saturated carbocycles. The second kappa shape index (κ2) is 4.09. The summed E-state index contributed by atoms with van der Waals surface area (Å²) >= 11 is 5.81. The maximum Gasteiger partial charge on any atom is 0.102 e. The van der Waals surface area contributed by atoms with E-state index in [0.717, 1.165) is 5.56 Å². The van der Waals surface area contributed by atoms with Crippen LogP contribution in [0.25, 0.3) is 0 Å². The third kappa shape index (κ3) is 2.21. The maximum absolute atomic E-state index is 10.0. The Morgan fingerprint density at radius 1 is 1.54 bits per heavy atom. The molecule has 72 valence electrons. The van der Waals surface area contributed by atoms with Crippen LogP contribution in [0.1, 0.15) is 18.9 Å². The Bertz CT molecular complexity index is 284. The van der Waals surface area contributed by atoms with Crippen LogP contribution < -0.4 is 5.73 Å². The molecule has 0 aromatic heterocycles. The second-order valence-corrected chi connectivity index (χ2v) is 3.54. The minimum Gasteiger partial charge on any atom is -0.384 e. The summed E-state index contributed by atoms with van der Waals surface area (Å²) in [4.78, 5) is 0. The number of halogens is 1. The zero-order valence-electron chi connectivity index (χ0n) is 7.63. The molecule has 0 fully saturated rings.